The molecule has 0 aliphatic heterocycles. The number of nitrogens with one attached hydrogen (secondary N) is 1. The standard InChI is InChI=1S/C21H24N2O2/c1-4-5-6-7-20(24)22-17-10-11-19-18(13-17)23-21(25-19)16-9-8-14(2)15(3)12-16/h8-13H,4-7H2,1-3H3,(H,22,24). The summed E-state index contributed by atoms with van der Waals surface area (Å²) in [6.07, 6.45) is 3.67. The topological polar surface area (TPSA) is 55.1 Å². The number of fused-ring (bicyclic) bond motifs is 1. The number of nitrogens with zero attached hydrogens (tertiary/aromatic N) is 1. The number of carbonyl (C=O) groups is 1. The first-order valence-corrected chi connectivity index (χ1v) is 8.85. The first-order chi connectivity index (χ1) is 12.1. The van der Waals surface area contributed by atoms with Gasteiger partial charge in [0.2, 0.25) is 11.8 Å². The summed E-state index contributed by atoms with van der Waals surface area (Å²) in [4.78, 5) is 16.5. The lowest BCUT2D eigenvalue weighted by Crippen LogP contribution is -2.10. The summed E-state index contributed by atoms with van der Waals surface area (Å²) < 4.78 is 5.86. The minimum atomic E-state index is 0.0469. The highest BCUT2D eigenvalue weighted by molar-refractivity contribution is 5.93. The number of aromatic nitrogens is 1. The monoisotopic (exact) mass is 336 g/mol. The fraction of sp³-hybridized carbons (Fsp3) is 0.333. The summed E-state index contributed by atoms with van der Waals surface area (Å²) in [5.41, 5.74) is 5.64. The van der Waals surface area contributed by atoms with Crippen molar-refractivity contribution in [3.8, 4) is 11.5 Å². The van der Waals surface area contributed by atoms with Gasteiger partial charge in [0.05, 0.1) is 0 Å². The third-order valence-corrected chi connectivity index (χ3v) is 4.43. The molecule has 1 aromatic heterocycles. The Bertz CT molecular complexity index is 896. The van der Waals surface area contributed by atoms with Crippen LogP contribution in [0.3, 0.4) is 0 Å². The van der Waals surface area contributed by atoms with Gasteiger partial charge in [0.25, 0.3) is 0 Å². The van der Waals surface area contributed by atoms with E-state index < -0.39 is 0 Å². The highest BCUT2D eigenvalue weighted by atomic mass is 16.3. The van der Waals surface area contributed by atoms with Crippen LogP contribution in [0.25, 0.3) is 22.6 Å². The van der Waals surface area contributed by atoms with Crippen LogP contribution < -0.4 is 5.32 Å². The van der Waals surface area contributed by atoms with E-state index in [-0.39, 0.29) is 5.91 Å². The van der Waals surface area contributed by atoms with Gasteiger partial charge in [-0.05, 0) is 61.7 Å². The number of aryl methyl sites for hydroxylation is 2. The van der Waals surface area contributed by atoms with Crippen LogP contribution in [-0.2, 0) is 4.79 Å². The number of hydrogen-bond acceptors (Lipinski definition) is 3. The van der Waals surface area contributed by atoms with Crippen molar-refractivity contribution in [1.82, 2.24) is 4.98 Å². The van der Waals surface area contributed by atoms with E-state index in [9.17, 15) is 4.79 Å². The summed E-state index contributed by atoms with van der Waals surface area (Å²) in [7, 11) is 0. The molecule has 3 aromatic rings. The van der Waals surface area contributed by atoms with Gasteiger partial charge in [-0.15, -0.1) is 0 Å². The molecule has 1 amide bonds. The second kappa shape index (κ2) is 7.51. The molecule has 0 saturated heterocycles. The quantitative estimate of drug-likeness (QED) is 0.593. The number of benzene rings is 2. The maximum atomic E-state index is 12.0. The summed E-state index contributed by atoms with van der Waals surface area (Å²) in [5.74, 6) is 0.648. The number of carbonyl (C=O) groups excluding carboxylic acids is 1. The first kappa shape index (κ1) is 17.2. The molecule has 25 heavy (non-hydrogen) atoms. The molecule has 2 aromatic carbocycles. The normalized spacial score (nSPS) is 11.0. The van der Waals surface area contributed by atoms with Crippen LogP contribution in [0.2, 0.25) is 0 Å². The molecule has 0 unspecified atom stereocenters. The van der Waals surface area contributed by atoms with Crippen molar-refractivity contribution in [3.05, 3.63) is 47.5 Å². The number of anilines is 1. The summed E-state index contributed by atoms with van der Waals surface area (Å²) >= 11 is 0. The van der Waals surface area contributed by atoms with Crippen LogP contribution in [0, 0.1) is 13.8 Å². The van der Waals surface area contributed by atoms with Crippen LogP contribution in [0.4, 0.5) is 5.69 Å². The van der Waals surface area contributed by atoms with Gasteiger partial charge in [0, 0.05) is 17.7 Å². The first-order valence-electron chi connectivity index (χ1n) is 8.85. The lowest BCUT2D eigenvalue weighted by molar-refractivity contribution is -0.116. The van der Waals surface area contributed by atoms with E-state index in [0.29, 0.717) is 12.3 Å². The Morgan fingerprint density at radius 1 is 1.08 bits per heavy atom. The van der Waals surface area contributed by atoms with E-state index in [4.69, 9.17) is 4.42 Å². The largest absolute Gasteiger partial charge is 0.436 e. The SMILES string of the molecule is CCCCCC(=O)Nc1ccc2oc(-c3ccc(C)c(C)c3)nc2c1. The van der Waals surface area contributed by atoms with Gasteiger partial charge in [-0.2, -0.15) is 0 Å². The van der Waals surface area contributed by atoms with Gasteiger partial charge in [-0.25, -0.2) is 4.98 Å². The molecule has 0 radical (unpaired) electrons. The zero-order valence-electron chi connectivity index (χ0n) is 15.1. The van der Waals surface area contributed by atoms with E-state index in [2.05, 4.69) is 43.2 Å². The highest BCUT2D eigenvalue weighted by Gasteiger charge is 2.10. The molecule has 4 nitrogen and oxygen atoms in total. The molecule has 0 fully saturated rings. The van der Waals surface area contributed by atoms with Crippen molar-refractivity contribution in [3.63, 3.8) is 0 Å². The molecule has 0 aliphatic rings. The Kier molecular flexibility index (Phi) is 5.17. The van der Waals surface area contributed by atoms with Crippen LogP contribution in [0.1, 0.15) is 43.7 Å². The molecule has 3 rings (SSSR count). The van der Waals surface area contributed by atoms with Crippen molar-refractivity contribution in [2.24, 2.45) is 0 Å². The van der Waals surface area contributed by atoms with Crippen LogP contribution >= 0.6 is 0 Å². The number of unbranched alkanes of at least 4 members (excludes halogenated alkanes) is 2. The number of rotatable bonds is 6. The predicted octanol–water partition coefficient (Wildman–Crippen LogP) is 5.63. The van der Waals surface area contributed by atoms with Gasteiger partial charge in [-0.3, -0.25) is 4.79 Å². The number of hydrogen-bond donors (Lipinski definition) is 1. The van der Waals surface area contributed by atoms with Gasteiger partial charge in [-0.1, -0.05) is 25.8 Å². The molecular weight excluding hydrogens is 312 g/mol. The molecular formula is C21H24N2O2. The second-order valence-corrected chi connectivity index (χ2v) is 6.51. The fourth-order valence-corrected chi connectivity index (χ4v) is 2.76. The van der Waals surface area contributed by atoms with Crippen molar-refractivity contribution < 1.29 is 9.21 Å². The molecule has 0 atom stereocenters. The van der Waals surface area contributed by atoms with Crippen molar-refractivity contribution in [1.29, 1.82) is 0 Å². The maximum absolute atomic E-state index is 12.0. The Morgan fingerprint density at radius 2 is 1.92 bits per heavy atom. The lowest BCUT2D eigenvalue weighted by atomic mass is 10.1. The Morgan fingerprint density at radius 3 is 2.68 bits per heavy atom. The summed E-state index contributed by atoms with van der Waals surface area (Å²) in [5, 5.41) is 2.94. The van der Waals surface area contributed by atoms with Crippen molar-refractivity contribution >= 4 is 22.7 Å². The summed E-state index contributed by atoms with van der Waals surface area (Å²) in [6, 6.07) is 11.7. The fourth-order valence-electron chi connectivity index (χ4n) is 2.76. The zero-order chi connectivity index (χ0) is 17.8. The van der Waals surface area contributed by atoms with Crippen LogP contribution in [-0.4, -0.2) is 10.9 Å². The van der Waals surface area contributed by atoms with E-state index >= 15 is 0 Å². The van der Waals surface area contributed by atoms with E-state index in [1.54, 1.807) is 0 Å². The highest BCUT2D eigenvalue weighted by Crippen LogP contribution is 2.27. The molecule has 0 saturated carbocycles. The van der Waals surface area contributed by atoms with Crippen molar-refractivity contribution in [2.75, 3.05) is 5.32 Å². The van der Waals surface area contributed by atoms with E-state index in [1.165, 1.54) is 11.1 Å². The smallest absolute Gasteiger partial charge is 0.227 e. The third-order valence-electron chi connectivity index (χ3n) is 4.43. The van der Waals surface area contributed by atoms with Crippen molar-refractivity contribution in [2.45, 2.75) is 46.5 Å². The van der Waals surface area contributed by atoms with Gasteiger partial charge < -0.3 is 9.73 Å². The van der Waals surface area contributed by atoms with E-state index in [1.807, 2.05) is 24.3 Å². The molecule has 4 heteroatoms. The Balaban J connectivity index is 1.79. The number of oxazole rings is 1. The van der Waals surface area contributed by atoms with Crippen LogP contribution in [0.5, 0.6) is 0 Å². The average molecular weight is 336 g/mol. The molecule has 130 valence electrons. The van der Waals surface area contributed by atoms with Gasteiger partial charge in [0.1, 0.15) is 5.52 Å². The molecule has 0 spiro atoms. The van der Waals surface area contributed by atoms with Gasteiger partial charge >= 0.3 is 0 Å². The maximum Gasteiger partial charge on any atom is 0.227 e. The predicted molar refractivity (Wildman–Crippen MR) is 102 cm³/mol. The summed E-state index contributed by atoms with van der Waals surface area (Å²) in [6.45, 7) is 6.29. The molecule has 1 heterocycles. The van der Waals surface area contributed by atoms with Crippen LogP contribution in [0.15, 0.2) is 40.8 Å². The number of amides is 1. The van der Waals surface area contributed by atoms with Gasteiger partial charge in [0.15, 0.2) is 5.58 Å². The Hall–Kier alpha value is -2.62. The Labute approximate surface area is 148 Å². The molecule has 0 bridgehead atoms. The minimum absolute atomic E-state index is 0.0469. The second-order valence-electron chi connectivity index (χ2n) is 6.51. The zero-order valence-corrected chi connectivity index (χ0v) is 15.1. The third kappa shape index (κ3) is 4.08. The van der Waals surface area contributed by atoms with E-state index in [0.717, 1.165) is 41.6 Å². The lowest BCUT2D eigenvalue weighted by Gasteiger charge is -2.04. The molecule has 1 N–H and O–H groups in total. The molecule has 0 aliphatic carbocycles. The minimum Gasteiger partial charge on any atom is -0.436 e. The average Bonchev–Trinajstić information content (AvgIpc) is 3.01.